The van der Waals surface area contributed by atoms with Crippen LogP contribution in [0.25, 0.3) is 0 Å². The first-order valence-electron chi connectivity index (χ1n) is 7.18. The van der Waals surface area contributed by atoms with Gasteiger partial charge in [-0.25, -0.2) is 0 Å². The van der Waals surface area contributed by atoms with Crippen LogP contribution in [-0.4, -0.2) is 42.2 Å². The molecule has 0 spiro atoms. The summed E-state index contributed by atoms with van der Waals surface area (Å²) in [5.41, 5.74) is 0. The first kappa shape index (κ1) is 16.1. The van der Waals surface area contributed by atoms with Crippen LogP contribution in [0.1, 0.15) is 44.9 Å². The molecule has 0 radical (unpaired) electrons. The molecule has 0 aromatic heterocycles. The summed E-state index contributed by atoms with van der Waals surface area (Å²) in [6.07, 6.45) is 9.15. The third-order valence-electron chi connectivity index (χ3n) is 3.72. The van der Waals surface area contributed by atoms with Crippen molar-refractivity contribution in [2.45, 2.75) is 57.5 Å². The molecule has 0 unspecified atom stereocenters. The van der Waals surface area contributed by atoms with E-state index in [1.807, 2.05) is 6.55 Å². The first-order chi connectivity index (χ1) is 8.70. The number of hydrogen-bond acceptors (Lipinski definition) is 4. The molecule has 0 amide bonds. The minimum Gasteiger partial charge on any atom is -0.377 e. The lowest BCUT2D eigenvalue weighted by atomic mass is 9.95. The Bertz CT molecular complexity index is 206. The lowest BCUT2D eigenvalue weighted by Crippen LogP contribution is -2.40. The van der Waals surface area contributed by atoms with Crippen molar-refractivity contribution < 1.29 is 13.3 Å². The van der Waals surface area contributed by atoms with Crippen LogP contribution in [0.5, 0.6) is 0 Å². The van der Waals surface area contributed by atoms with Crippen LogP contribution in [0.15, 0.2) is 0 Å². The predicted octanol–water partition coefficient (Wildman–Crippen LogP) is 2.57. The maximum Gasteiger partial charge on any atom is 0.497 e. The molecular weight excluding hydrogens is 246 g/mol. The van der Waals surface area contributed by atoms with E-state index in [-0.39, 0.29) is 0 Å². The zero-order valence-corrected chi connectivity index (χ0v) is 13.2. The Kier molecular flexibility index (Phi) is 8.09. The van der Waals surface area contributed by atoms with Gasteiger partial charge in [0.25, 0.3) is 0 Å². The Labute approximate surface area is 113 Å². The molecule has 0 aromatic rings. The number of hydrogen-bond donors (Lipinski definition) is 1. The zero-order valence-electron chi connectivity index (χ0n) is 12.2. The lowest BCUT2D eigenvalue weighted by molar-refractivity contribution is 0.104. The fourth-order valence-corrected chi connectivity index (χ4v) is 3.22. The van der Waals surface area contributed by atoms with Crippen molar-refractivity contribution in [2.75, 3.05) is 27.4 Å². The summed E-state index contributed by atoms with van der Waals surface area (Å²) < 4.78 is 16.2. The lowest BCUT2D eigenvalue weighted by Gasteiger charge is -2.23. The van der Waals surface area contributed by atoms with Gasteiger partial charge >= 0.3 is 8.80 Å². The Balaban J connectivity index is 1.95. The Morgan fingerprint density at radius 2 is 1.72 bits per heavy atom. The molecular formula is C13H29NO3Si. The third-order valence-corrected chi connectivity index (χ3v) is 5.93. The molecule has 1 aliphatic carbocycles. The summed E-state index contributed by atoms with van der Waals surface area (Å²) in [6, 6.07) is 0.761. The van der Waals surface area contributed by atoms with Gasteiger partial charge in [-0.1, -0.05) is 19.3 Å². The van der Waals surface area contributed by atoms with Crippen LogP contribution in [0.2, 0.25) is 6.55 Å². The highest BCUT2D eigenvalue weighted by atomic mass is 28.4. The van der Waals surface area contributed by atoms with Crippen molar-refractivity contribution in [3.63, 3.8) is 0 Å². The quantitative estimate of drug-likeness (QED) is 0.518. The van der Waals surface area contributed by atoms with Gasteiger partial charge in [-0.05, 0) is 32.2 Å². The van der Waals surface area contributed by atoms with E-state index in [2.05, 4.69) is 5.32 Å². The van der Waals surface area contributed by atoms with Crippen LogP contribution in [-0.2, 0) is 13.3 Å². The van der Waals surface area contributed by atoms with Crippen molar-refractivity contribution in [3.05, 3.63) is 0 Å². The highest BCUT2D eigenvalue weighted by molar-refractivity contribution is 6.59. The highest BCUT2D eigenvalue weighted by Crippen LogP contribution is 2.17. The Morgan fingerprint density at radius 1 is 1.06 bits per heavy atom. The number of nitrogens with one attached hydrogen (secondary N) is 1. The minimum atomic E-state index is -2.31. The smallest absolute Gasteiger partial charge is 0.377 e. The average molecular weight is 275 g/mol. The average Bonchev–Trinajstić information content (AvgIpc) is 2.43. The number of rotatable bonds is 9. The zero-order chi connectivity index (χ0) is 13.3. The second-order valence-electron chi connectivity index (χ2n) is 5.12. The second-order valence-corrected chi connectivity index (χ2v) is 7.95. The number of unbranched alkanes of at least 4 members (excludes halogenated alkanes) is 1. The van der Waals surface area contributed by atoms with Crippen molar-refractivity contribution >= 4 is 8.80 Å². The SMILES string of the molecule is CO[Si](C)(OC)OCCCCNC1CCCCC1. The maximum absolute atomic E-state index is 5.69. The molecule has 0 aliphatic heterocycles. The van der Waals surface area contributed by atoms with Crippen LogP contribution < -0.4 is 5.32 Å². The van der Waals surface area contributed by atoms with Gasteiger partial charge in [-0.3, -0.25) is 0 Å². The van der Waals surface area contributed by atoms with Crippen molar-refractivity contribution in [1.29, 1.82) is 0 Å². The summed E-state index contributed by atoms with van der Waals surface area (Å²) in [4.78, 5) is 0. The molecule has 0 heterocycles. The second kappa shape index (κ2) is 9.04. The van der Waals surface area contributed by atoms with Crippen molar-refractivity contribution in [2.24, 2.45) is 0 Å². The third kappa shape index (κ3) is 6.29. The van der Waals surface area contributed by atoms with Gasteiger partial charge in [0.1, 0.15) is 0 Å². The van der Waals surface area contributed by atoms with Gasteiger partial charge in [-0.15, -0.1) is 0 Å². The fourth-order valence-electron chi connectivity index (χ4n) is 2.30. The van der Waals surface area contributed by atoms with Crippen molar-refractivity contribution in [3.8, 4) is 0 Å². The normalized spacial score (nSPS) is 18.2. The van der Waals surface area contributed by atoms with E-state index >= 15 is 0 Å². The van der Waals surface area contributed by atoms with Crippen LogP contribution in [0.4, 0.5) is 0 Å². The van der Waals surface area contributed by atoms with Crippen LogP contribution in [0, 0.1) is 0 Å². The topological polar surface area (TPSA) is 39.7 Å². The molecule has 18 heavy (non-hydrogen) atoms. The first-order valence-corrected chi connectivity index (χ1v) is 9.40. The molecule has 1 N–H and O–H groups in total. The van der Waals surface area contributed by atoms with Gasteiger partial charge in [0, 0.05) is 33.4 Å². The van der Waals surface area contributed by atoms with Gasteiger partial charge in [0.05, 0.1) is 0 Å². The molecule has 1 aliphatic rings. The van der Waals surface area contributed by atoms with E-state index in [4.69, 9.17) is 13.3 Å². The van der Waals surface area contributed by atoms with Gasteiger partial charge < -0.3 is 18.6 Å². The molecule has 1 fully saturated rings. The Morgan fingerprint density at radius 3 is 2.33 bits per heavy atom. The largest absolute Gasteiger partial charge is 0.497 e. The highest BCUT2D eigenvalue weighted by Gasteiger charge is 2.31. The van der Waals surface area contributed by atoms with Gasteiger partial charge in [-0.2, -0.15) is 0 Å². The molecule has 0 saturated heterocycles. The maximum atomic E-state index is 5.69. The van der Waals surface area contributed by atoms with E-state index in [9.17, 15) is 0 Å². The van der Waals surface area contributed by atoms with E-state index in [0.717, 1.165) is 32.0 Å². The molecule has 0 atom stereocenters. The molecule has 4 nitrogen and oxygen atoms in total. The summed E-state index contributed by atoms with van der Waals surface area (Å²) in [5, 5.41) is 3.64. The van der Waals surface area contributed by atoms with E-state index in [0.29, 0.717) is 0 Å². The summed E-state index contributed by atoms with van der Waals surface area (Å²) in [6.45, 7) is 3.76. The fraction of sp³-hybridized carbons (Fsp3) is 1.00. The molecule has 108 valence electrons. The molecule has 5 heteroatoms. The van der Waals surface area contributed by atoms with Gasteiger partial charge in [0.2, 0.25) is 0 Å². The van der Waals surface area contributed by atoms with E-state index in [1.54, 1.807) is 14.2 Å². The predicted molar refractivity (Wildman–Crippen MR) is 75.7 cm³/mol. The molecule has 1 saturated carbocycles. The molecule has 0 bridgehead atoms. The Hall–Kier alpha value is 0.0569. The summed E-state index contributed by atoms with van der Waals surface area (Å²) >= 11 is 0. The molecule has 1 rings (SSSR count). The molecule has 0 aromatic carbocycles. The van der Waals surface area contributed by atoms with Crippen molar-refractivity contribution in [1.82, 2.24) is 5.32 Å². The van der Waals surface area contributed by atoms with Crippen LogP contribution in [0.3, 0.4) is 0 Å². The van der Waals surface area contributed by atoms with Crippen LogP contribution >= 0.6 is 0 Å². The monoisotopic (exact) mass is 275 g/mol. The standard InChI is InChI=1S/C13H29NO3Si/c1-15-18(3,16-2)17-12-8-7-11-14-13-9-5-4-6-10-13/h13-14H,4-12H2,1-3H3. The summed E-state index contributed by atoms with van der Waals surface area (Å²) in [7, 11) is 0.996. The van der Waals surface area contributed by atoms with E-state index < -0.39 is 8.80 Å². The summed E-state index contributed by atoms with van der Waals surface area (Å²) in [5.74, 6) is 0. The van der Waals surface area contributed by atoms with E-state index in [1.165, 1.54) is 32.1 Å². The minimum absolute atomic E-state index is 0.733. The van der Waals surface area contributed by atoms with Gasteiger partial charge in [0.15, 0.2) is 0 Å².